The highest BCUT2D eigenvalue weighted by molar-refractivity contribution is 6.05. The Morgan fingerprint density at radius 1 is 0.812 bits per heavy atom. The number of carbonyl (C=O) groups is 2. The number of hydrogen-bond acceptors (Lipinski definition) is 5. The van der Waals surface area contributed by atoms with E-state index in [-0.39, 0.29) is 18.0 Å². The summed E-state index contributed by atoms with van der Waals surface area (Å²) in [7, 11) is 0. The maximum Gasteiger partial charge on any atom is 0.267 e. The van der Waals surface area contributed by atoms with E-state index in [9.17, 15) is 14.4 Å². The van der Waals surface area contributed by atoms with Gasteiger partial charge in [-0.15, -0.1) is 0 Å². The van der Waals surface area contributed by atoms with Gasteiger partial charge in [0.15, 0.2) is 0 Å². The van der Waals surface area contributed by atoms with E-state index in [0.29, 0.717) is 22.6 Å². The van der Waals surface area contributed by atoms with Crippen LogP contribution in [-0.2, 0) is 11.3 Å². The summed E-state index contributed by atoms with van der Waals surface area (Å²) in [4.78, 5) is 41.1. The van der Waals surface area contributed by atoms with E-state index in [1.54, 1.807) is 54.9 Å². The Hall–Kier alpha value is -4.59. The molecular formula is C24H19N5O3. The lowest BCUT2D eigenvalue weighted by Gasteiger charge is -2.10. The molecule has 0 fully saturated rings. The summed E-state index contributed by atoms with van der Waals surface area (Å²) in [5.74, 6) is -0.753. The molecule has 8 heteroatoms. The molecule has 2 aromatic heterocycles. The predicted octanol–water partition coefficient (Wildman–Crippen LogP) is 3.20. The van der Waals surface area contributed by atoms with E-state index in [1.807, 2.05) is 30.3 Å². The Bertz CT molecular complexity index is 1300. The van der Waals surface area contributed by atoms with Crippen molar-refractivity contribution in [1.29, 1.82) is 0 Å². The van der Waals surface area contributed by atoms with Crippen LogP contribution in [0.15, 0.2) is 96.1 Å². The predicted molar refractivity (Wildman–Crippen MR) is 121 cm³/mol. The van der Waals surface area contributed by atoms with Crippen molar-refractivity contribution in [3.8, 4) is 11.3 Å². The number of aromatic nitrogens is 3. The number of carbonyl (C=O) groups excluding carboxylic acids is 2. The van der Waals surface area contributed by atoms with Crippen molar-refractivity contribution >= 4 is 23.2 Å². The van der Waals surface area contributed by atoms with Crippen LogP contribution in [0.3, 0.4) is 0 Å². The largest absolute Gasteiger partial charge is 0.324 e. The second-order valence-corrected chi connectivity index (χ2v) is 6.90. The summed E-state index contributed by atoms with van der Waals surface area (Å²) in [5.41, 5.74) is 2.47. The minimum Gasteiger partial charge on any atom is -0.324 e. The molecule has 2 heterocycles. The van der Waals surface area contributed by atoms with Gasteiger partial charge in [-0.25, -0.2) is 4.68 Å². The first-order valence-electron chi connectivity index (χ1n) is 9.83. The lowest BCUT2D eigenvalue weighted by atomic mass is 10.1. The van der Waals surface area contributed by atoms with Gasteiger partial charge in [0.1, 0.15) is 6.54 Å². The maximum absolute atomic E-state index is 12.5. The lowest BCUT2D eigenvalue weighted by molar-refractivity contribution is -0.117. The first-order chi connectivity index (χ1) is 15.6. The number of nitrogens with one attached hydrogen (secondary N) is 2. The van der Waals surface area contributed by atoms with Crippen LogP contribution in [0.25, 0.3) is 11.3 Å². The normalized spacial score (nSPS) is 10.4. The van der Waals surface area contributed by atoms with Gasteiger partial charge in [0.25, 0.3) is 11.5 Å². The molecule has 0 unspecified atom stereocenters. The van der Waals surface area contributed by atoms with Crippen molar-refractivity contribution in [3.05, 3.63) is 107 Å². The molecule has 0 aliphatic carbocycles. The van der Waals surface area contributed by atoms with Crippen molar-refractivity contribution in [2.75, 3.05) is 10.6 Å². The smallest absolute Gasteiger partial charge is 0.267 e. The average Bonchev–Trinajstić information content (AvgIpc) is 2.82. The van der Waals surface area contributed by atoms with Crippen molar-refractivity contribution in [3.63, 3.8) is 0 Å². The number of hydrogen-bond donors (Lipinski definition) is 2. The Morgan fingerprint density at radius 3 is 2.38 bits per heavy atom. The molecule has 0 radical (unpaired) electrons. The molecule has 2 aromatic carbocycles. The van der Waals surface area contributed by atoms with Crippen molar-refractivity contribution in [2.24, 2.45) is 0 Å². The Morgan fingerprint density at radius 2 is 1.59 bits per heavy atom. The molecule has 2 N–H and O–H groups in total. The molecule has 4 aromatic rings. The molecule has 8 nitrogen and oxygen atoms in total. The summed E-state index contributed by atoms with van der Waals surface area (Å²) in [6.45, 7) is -0.257. The van der Waals surface area contributed by atoms with Crippen LogP contribution in [-0.4, -0.2) is 26.6 Å². The third-order valence-corrected chi connectivity index (χ3v) is 4.58. The van der Waals surface area contributed by atoms with Gasteiger partial charge >= 0.3 is 0 Å². The molecule has 4 rings (SSSR count). The fourth-order valence-electron chi connectivity index (χ4n) is 3.04. The third-order valence-electron chi connectivity index (χ3n) is 4.58. The zero-order valence-corrected chi connectivity index (χ0v) is 16.9. The van der Waals surface area contributed by atoms with Gasteiger partial charge in [0.05, 0.1) is 5.69 Å². The van der Waals surface area contributed by atoms with E-state index in [2.05, 4.69) is 20.7 Å². The van der Waals surface area contributed by atoms with Gasteiger partial charge in [0.2, 0.25) is 5.91 Å². The molecule has 0 atom stereocenters. The summed E-state index contributed by atoms with van der Waals surface area (Å²) in [6, 6.07) is 22.3. The van der Waals surface area contributed by atoms with E-state index < -0.39 is 5.91 Å². The van der Waals surface area contributed by atoms with E-state index >= 15 is 0 Å². The van der Waals surface area contributed by atoms with Gasteiger partial charge in [0, 0.05) is 41.0 Å². The quantitative estimate of drug-likeness (QED) is 0.494. The fraction of sp³-hybridized carbons (Fsp3) is 0.0417. The molecule has 32 heavy (non-hydrogen) atoms. The van der Waals surface area contributed by atoms with Crippen molar-refractivity contribution in [1.82, 2.24) is 14.8 Å². The highest BCUT2D eigenvalue weighted by atomic mass is 16.2. The first kappa shape index (κ1) is 20.7. The number of rotatable bonds is 6. The second kappa shape index (κ2) is 9.48. The lowest BCUT2D eigenvalue weighted by Crippen LogP contribution is -2.29. The second-order valence-electron chi connectivity index (χ2n) is 6.90. The standard InChI is InChI=1S/C24H19N5O3/c30-22(16-29-23(31)10-9-21(28-29)17-5-2-1-3-6-17)26-20-8-4-7-18(15-20)24(32)27-19-11-13-25-14-12-19/h1-15H,16H2,(H,26,30)(H,25,27,32). The molecule has 2 amide bonds. The number of nitrogens with zero attached hydrogens (tertiary/aromatic N) is 3. The number of benzene rings is 2. The number of pyridine rings is 1. The minimum absolute atomic E-state index is 0.257. The van der Waals surface area contributed by atoms with Crippen LogP contribution in [0.4, 0.5) is 11.4 Å². The van der Waals surface area contributed by atoms with Crippen LogP contribution in [0.5, 0.6) is 0 Å². The van der Waals surface area contributed by atoms with E-state index in [1.165, 1.54) is 6.07 Å². The minimum atomic E-state index is -0.434. The van der Waals surface area contributed by atoms with Crippen LogP contribution >= 0.6 is 0 Å². The van der Waals surface area contributed by atoms with Crippen LogP contribution in [0.2, 0.25) is 0 Å². The van der Waals surface area contributed by atoms with Crippen molar-refractivity contribution < 1.29 is 9.59 Å². The summed E-state index contributed by atoms with van der Waals surface area (Å²) in [6.07, 6.45) is 3.16. The molecular weight excluding hydrogens is 406 g/mol. The maximum atomic E-state index is 12.5. The van der Waals surface area contributed by atoms with Gasteiger partial charge in [-0.3, -0.25) is 19.4 Å². The van der Waals surface area contributed by atoms with Crippen LogP contribution < -0.4 is 16.2 Å². The fourth-order valence-corrected chi connectivity index (χ4v) is 3.04. The summed E-state index contributed by atoms with van der Waals surface area (Å²) in [5, 5.41) is 9.76. The van der Waals surface area contributed by atoms with Gasteiger partial charge < -0.3 is 10.6 Å². The average molecular weight is 425 g/mol. The molecule has 0 saturated carbocycles. The van der Waals surface area contributed by atoms with Gasteiger partial charge in [-0.05, 0) is 36.4 Å². The molecule has 158 valence electrons. The van der Waals surface area contributed by atoms with Crippen molar-refractivity contribution in [2.45, 2.75) is 6.54 Å². The highest BCUT2D eigenvalue weighted by Crippen LogP contribution is 2.15. The van der Waals surface area contributed by atoms with Gasteiger partial charge in [-0.1, -0.05) is 36.4 Å². The zero-order valence-electron chi connectivity index (χ0n) is 16.9. The highest BCUT2D eigenvalue weighted by Gasteiger charge is 2.11. The van der Waals surface area contributed by atoms with Gasteiger partial charge in [-0.2, -0.15) is 5.10 Å². The van der Waals surface area contributed by atoms with E-state index in [4.69, 9.17) is 0 Å². The molecule has 0 saturated heterocycles. The molecule has 0 spiro atoms. The molecule has 0 aliphatic heterocycles. The first-order valence-corrected chi connectivity index (χ1v) is 9.83. The Labute approximate surface area is 183 Å². The van der Waals surface area contributed by atoms with Crippen LogP contribution in [0.1, 0.15) is 10.4 Å². The van der Waals surface area contributed by atoms with Crippen LogP contribution in [0, 0.1) is 0 Å². The monoisotopic (exact) mass is 425 g/mol. The molecule has 0 bridgehead atoms. The third kappa shape index (κ3) is 5.11. The zero-order chi connectivity index (χ0) is 22.3. The Kier molecular flexibility index (Phi) is 6.12. The topological polar surface area (TPSA) is 106 Å². The number of anilines is 2. The summed E-state index contributed by atoms with van der Waals surface area (Å²) < 4.78 is 1.11. The molecule has 0 aliphatic rings. The number of amides is 2. The SMILES string of the molecule is O=C(Cn1nc(-c2ccccc2)ccc1=O)Nc1cccc(C(=O)Nc2ccncc2)c1. The Balaban J connectivity index is 1.45. The summed E-state index contributed by atoms with van der Waals surface area (Å²) >= 11 is 0. The van der Waals surface area contributed by atoms with E-state index in [0.717, 1.165) is 10.2 Å².